The van der Waals surface area contributed by atoms with Crippen molar-refractivity contribution in [3.8, 4) is 22.8 Å². The van der Waals surface area contributed by atoms with E-state index < -0.39 is 22.7 Å². The van der Waals surface area contributed by atoms with Crippen molar-refractivity contribution in [3.63, 3.8) is 0 Å². The molecule has 0 spiro atoms. The number of para-hydroxylation sites is 4. The minimum Gasteiger partial charge on any atom is -0.338 e. The minimum atomic E-state index is -3.48. The third-order valence-corrected chi connectivity index (χ3v) is 11.6. The first kappa shape index (κ1) is 41.3. The van der Waals surface area contributed by atoms with E-state index in [1.54, 1.807) is 68.1 Å². The fourth-order valence-electron chi connectivity index (χ4n) is 6.60. The molecule has 60 heavy (non-hydrogen) atoms. The number of aromatic amines is 2. The molecule has 1 atom stereocenters. The maximum absolute atomic E-state index is 12.5. The molecule has 0 fully saturated rings. The number of aryl methyl sites for hydroxylation is 1. The predicted molar refractivity (Wildman–Crippen MR) is 236 cm³/mol. The summed E-state index contributed by atoms with van der Waals surface area (Å²) in [5.74, 6) is 0.606. The number of hydrogen-bond acceptors (Lipinski definition) is 9. The van der Waals surface area contributed by atoms with Crippen molar-refractivity contribution in [1.29, 1.82) is 0 Å². The number of H-pyrrole nitrogens is 2. The number of anilines is 2. The molecule has 0 bridgehead atoms. The summed E-state index contributed by atoms with van der Waals surface area (Å²) in [4.78, 5) is 44.9. The van der Waals surface area contributed by atoms with E-state index in [0.29, 0.717) is 16.3 Å². The number of nitrogens with one attached hydrogen (secondary N) is 5. The average molecular weight is 824 g/mol. The Hall–Kier alpha value is -6.88. The highest BCUT2D eigenvalue weighted by atomic mass is 32.3. The van der Waals surface area contributed by atoms with Gasteiger partial charge < -0.3 is 20.6 Å². The van der Waals surface area contributed by atoms with Crippen molar-refractivity contribution >= 4 is 56.2 Å². The van der Waals surface area contributed by atoms with Gasteiger partial charge in [0, 0.05) is 41.4 Å². The summed E-state index contributed by atoms with van der Waals surface area (Å²) in [7, 11) is -3.48. The second-order valence-corrected chi connectivity index (χ2v) is 16.4. The Bertz CT molecular complexity index is 2500. The molecule has 0 saturated heterocycles. The average Bonchev–Trinajstić information content (AvgIpc) is 3.90. The Morgan fingerprint density at radius 2 is 1.22 bits per heavy atom. The first-order chi connectivity index (χ1) is 29.0. The quantitative estimate of drug-likeness (QED) is 0.0461. The van der Waals surface area contributed by atoms with Crippen molar-refractivity contribution in [2.75, 3.05) is 10.6 Å². The number of rotatable bonds is 11. The van der Waals surface area contributed by atoms with Gasteiger partial charge in [0.05, 0.1) is 27.0 Å². The summed E-state index contributed by atoms with van der Waals surface area (Å²) in [5, 5.41) is 14.9. The molecule has 3 amide bonds. The number of aromatic nitrogens is 5. The van der Waals surface area contributed by atoms with Crippen molar-refractivity contribution < 1.29 is 23.9 Å². The molecule has 8 N–H and O–H groups in total. The third kappa shape index (κ3) is 9.69. The van der Waals surface area contributed by atoms with E-state index in [2.05, 4.69) is 35.6 Å². The van der Waals surface area contributed by atoms with Crippen LogP contribution in [0.25, 0.3) is 44.8 Å². The van der Waals surface area contributed by atoms with E-state index in [9.17, 15) is 18.7 Å². The number of pyridine rings is 1. The number of benzene rings is 5. The van der Waals surface area contributed by atoms with Crippen molar-refractivity contribution in [1.82, 2.24) is 34.7 Å². The number of hydrogen-bond donors (Lipinski definition) is 8. The molecule has 0 saturated carbocycles. The van der Waals surface area contributed by atoms with Crippen LogP contribution in [-0.4, -0.2) is 61.5 Å². The molecule has 0 aliphatic carbocycles. The lowest BCUT2D eigenvalue weighted by Crippen LogP contribution is -2.49. The van der Waals surface area contributed by atoms with Gasteiger partial charge in [-0.25, -0.2) is 20.2 Å². The maximum Gasteiger partial charge on any atom is 0.323 e. The summed E-state index contributed by atoms with van der Waals surface area (Å²) in [6, 6.07) is 40.0. The van der Waals surface area contributed by atoms with Crippen LogP contribution in [0, 0.1) is 12.8 Å². The SMILES string of the molecule is Cc1ccc(S(O)(O)N(Cc2cccnc2)[C@H](C(=O)NO)C(C)C)cc1.O=C(Nc1ccc(-c2nc3ccccc3[nH]2)cc1)Nc1ccc(-c2nc3ccccc3[nH]2)cc1. The van der Waals surface area contributed by atoms with Gasteiger partial charge in [0.15, 0.2) is 0 Å². The number of urea groups is 1. The van der Waals surface area contributed by atoms with E-state index in [1.165, 1.54) is 4.31 Å². The summed E-state index contributed by atoms with van der Waals surface area (Å²) in [6.07, 6.45) is 3.22. The zero-order chi connectivity index (χ0) is 42.2. The van der Waals surface area contributed by atoms with Crippen LogP contribution in [0.3, 0.4) is 0 Å². The first-order valence-electron chi connectivity index (χ1n) is 19.1. The highest BCUT2D eigenvalue weighted by molar-refractivity contribution is 8.22. The molecule has 306 valence electrons. The van der Waals surface area contributed by atoms with E-state index >= 15 is 0 Å². The minimum absolute atomic E-state index is 0.0836. The number of carbonyl (C=O) groups is 2. The van der Waals surface area contributed by atoms with Gasteiger partial charge in [-0.2, -0.15) is 4.31 Å². The smallest absolute Gasteiger partial charge is 0.323 e. The highest BCUT2D eigenvalue weighted by Gasteiger charge is 2.38. The number of fused-ring (bicyclic) bond motifs is 2. The first-order valence-corrected chi connectivity index (χ1v) is 20.6. The molecule has 0 unspecified atom stereocenters. The summed E-state index contributed by atoms with van der Waals surface area (Å²) < 4.78 is 23.4. The Balaban J connectivity index is 0.000000189. The number of nitrogens with zero attached hydrogens (tertiary/aromatic N) is 4. The molecule has 14 nitrogen and oxygen atoms in total. The van der Waals surface area contributed by atoms with Gasteiger partial charge in [0.2, 0.25) is 0 Å². The van der Waals surface area contributed by atoms with Crippen LogP contribution in [0.5, 0.6) is 0 Å². The monoisotopic (exact) mass is 823 g/mol. The molecule has 3 aromatic heterocycles. The Kier molecular flexibility index (Phi) is 12.6. The molecule has 0 aliphatic rings. The second kappa shape index (κ2) is 18.4. The third-order valence-electron chi connectivity index (χ3n) is 9.66. The molecule has 5 aromatic carbocycles. The van der Waals surface area contributed by atoms with Crippen molar-refractivity contribution in [3.05, 3.63) is 157 Å². The molecular weight excluding hydrogens is 779 g/mol. The number of imidazole rings is 2. The van der Waals surface area contributed by atoms with Gasteiger partial charge in [-0.3, -0.25) is 24.1 Å². The van der Waals surface area contributed by atoms with Gasteiger partial charge in [-0.1, -0.05) is 61.9 Å². The van der Waals surface area contributed by atoms with Crippen LogP contribution in [0.1, 0.15) is 25.0 Å². The predicted octanol–water partition coefficient (Wildman–Crippen LogP) is 9.86. The van der Waals surface area contributed by atoms with Crippen LogP contribution >= 0.6 is 10.8 Å². The lowest BCUT2D eigenvalue weighted by Gasteiger charge is -2.47. The second-order valence-electron chi connectivity index (χ2n) is 14.4. The van der Waals surface area contributed by atoms with Crippen molar-refractivity contribution in [2.24, 2.45) is 5.92 Å². The number of amides is 3. The summed E-state index contributed by atoms with van der Waals surface area (Å²) >= 11 is 0. The fraction of sp³-hybridized carbons (Fsp3) is 0.133. The van der Waals surface area contributed by atoms with E-state index in [0.717, 1.165) is 56.0 Å². The van der Waals surface area contributed by atoms with Gasteiger partial charge in [0.25, 0.3) is 5.91 Å². The largest absolute Gasteiger partial charge is 0.338 e. The van der Waals surface area contributed by atoms with Crippen LogP contribution in [0.4, 0.5) is 16.2 Å². The fourth-order valence-corrected chi connectivity index (χ4v) is 8.36. The van der Waals surface area contributed by atoms with Gasteiger partial charge in [-0.15, -0.1) is 10.8 Å². The van der Waals surface area contributed by atoms with Gasteiger partial charge in [0.1, 0.15) is 17.7 Å². The summed E-state index contributed by atoms with van der Waals surface area (Å²) in [5.41, 5.74) is 10.4. The Morgan fingerprint density at radius 1 is 0.700 bits per heavy atom. The van der Waals surface area contributed by atoms with Gasteiger partial charge >= 0.3 is 6.03 Å². The van der Waals surface area contributed by atoms with Crippen LogP contribution in [0.15, 0.2) is 151 Å². The Morgan fingerprint density at radius 3 is 1.67 bits per heavy atom. The Labute approximate surface area is 348 Å². The lowest BCUT2D eigenvalue weighted by atomic mass is 10.0. The van der Waals surface area contributed by atoms with E-state index in [-0.39, 0.29) is 18.5 Å². The molecule has 8 aromatic rings. The van der Waals surface area contributed by atoms with E-state index in [4.69, 9.17) is 5.21 Å². The zero-order valence-electron chi connectivity index (χ0n) is 33.1. The van der Waals surface area contributed by atoms with Crippen LogP contribution in [0.2, 0.25) is 0 Å². The van der Waals surface area contributed by atoms with E-state index in [1.807, 2.05) is 104 Å². The number of carbonyl (C=O) groups excluding carboxylic acids is 2. The standard InChI is InChI=1S/C27H20N6O.C18H25N3O4S/c34-27(28-19-13-9-17(10-14-19)25-30-21-5-1-2-6-22(21)31-25)29-20-15-11-18(12-16-20)26-32-23-7-3-4-8-24(23)33-26;1-13(2)17(18(22)20-23)21(12-15-5-4-10-19-11-15)26(24,25)16-8-6-14(3)7-9-16/h1-16H,(H,30,31)(H,32,33)(H2,28,29,34);4-11,13,17,23-25H,12H2,1-3H3,(H,20,22)/t;17-/m.0/s1. The van der Waals surface area contributed by atoms with Crippen LogP contribution < -0.4 is 16.1 Å². The molecule has 0 aliphatic heterocycles. The highest BCUT2D eigenvalue weighted by Crippen LogP contribution is 2.54. The number of hydroxylamine groups is 1. The lowest BCUT2D eigenvalue weighted by molar-refractivity contribution is -0.134. The maximum atomic E-state index is 12.5. The topological polar surface area (TPSA) is 204 Å². The van der Waals surface area contributed by atoms with Crippen LogP contribution in [-0.2, 0) is 11.3 Å². The summed E-state index contributed by atoms with van der Waals surface area (Å²) in [6.45, 7) is 5.54. The van der Waals surface area contributed by atoms with Gasteiger partial charge in [-0.05, 0) is 109 Å². The molecular formula is C45H45N9O5S. The molecule has 8 rings (SSSR count). The molecule has 15 heteroatoms. The zero-order valence-corrected chi connectivity index (χ0v) is 33.9. The molecule has 3 heterocycles. The molecule has 0 radical (unpaired) electrons. The van der Waals surface area contributed by atoms with Crippen molar-refractivity contribution in [2.45, 2.75) is 38.3 Å². The normalized spacial score (nSPS) is 12.2.